The Hall–Kier alpha value is -2.37. The van der Waals surface area contributed by atoms with E-state index in [1.54, 1.807) is 0 Å². The zero-order chi connectivity index (χ0) is 17.7. The highest BCUT2D eigenvalue weighted by Crippen LogP contribution is 2.16. The maximum atomic E-state index is 11.7. The number of rotatable bonds is 5. The minimum Gasteiger partial charge on any atom is -0.460 e. The number of amides is 2. The van der Waals surface area contributed by atoms with Gasteiger partial charge < -0.3 is 10.1 Å². The predicted molar refractivity (Wildman–Crippen MR) is 90.4 cm³/mol. The minimum atomic E-state index is -0.465. The van der Waals surface area contributed by atoms with Gasteiger partial charge in [0.05, 0.1) is 0 Å². The second-order valence-electron chi connectivity index (χ2n) is 6.93. The van der Waals surface area contributed by atoms with Gasteiger partial charge in [-0.25, -0.2) is 0 Å². The molecule has 130 valence electrons. The molecule has 0 aliphatic carbocycles. The van der Waals surface area contributed by atoms with E-state index in [-0.39, 0.29) is 17.8 Å². The third-order valence-electron chi connectivity index (χ3n) is 3.57. The Labute approximate surface area is 142 Å². The second kappa shape index (κ2) is 7.47. The van der Waals surface area contributed by atoms with Gasteiger partial charge in [0.2, 0.25) is 11.8 Å². The van der Waals surface area contributed by atoms with Crippen LogP contribution < -0.4 is 10.6 Å². The van der Waals surface area contributed by atoms with Crippen molar-refractivity contribution in [3.05, 3.63) is 29.8 Å². The number of ether oxygens (including phenoxy) is 1. The van der Waals surface area contributed by atoms with Crippen molar-refractivity contribution in [2.24, 2.45) is 0 Å². The van der Waals surface area contributed by atoms with E-state index < -0.39 is 11.6 Å². The number of anilines is 1. The van der Waals surface area contributed by atoms with E-state index >= 15 is 0 Å². The topological polar surface area (TPSA) is 84.5 Å². The molecular formula is C18H24N2O4. The van der Waals surface area contributed by atoms with E-state index in [9.17, 15) is 14.4 Å². The first-order chi connectivity index (χ1) is 11.2. The number of esters is 1. The Morgan fingerprint density at radius 2 is 1.92 bits per heavy atom. The third-order valence-corrected chi connectivity index (χ3v) is 3.57. The molecular weight excluding hydrogens is 308 g/mol. The van der Waals surface area contributed by atoms with E-state index in [0.29, 0.717) is 25.7 Å². The summed E-state index contributed by atoms with van der Waals surface area (Å²) in [6.45, 7) is 5.54. The highest BCUT2D eigenvalue weighted by atomic mass is 16.6. The average molecular weight is 332 g/mol. The standard InChI is InChI=1S/C18H24N2O4/c1-18(2,3)24-16(22)11-6-12-4-7-13(8-5-12)19-14-9-10-15(21)20-17(14)23/h4-5,7-8,14,19H,6,9-11H2,1-3H3,(H,20,21,23). The number of carbonyl (C=O) groups is 3. The van der Waals surface area contributed by atoms with Gasteiger partial charge in [0, 0.05) is 18.5 Å². The Morgan fingerprint density at radius 3 is 2.50 bits per heavy atom. The van der Waals surface area contributed by atoms with Crippen LogP contribution in [0.3, 0.4) is 0 Å². The predicted octanol–water partition coefficient (Wildman–Crippen LogP) is 2.18. The molecule has 1 saturated heterocycles. The van der Waals surface area contributed by atoms with Gasteiger partial charge in [0.1, 0.15) is 11.6 Å². The van der Waals surface area contributed by atoms with Crippen LogP contribution in [-0.4, -0.2) is 29.4 Å². The van der Waals surface area contributed by atoms with Gasteiger partial charge in [-0.3, -0.25) is 19.7 Å². The molecule has 2 N–H and O–H groups in total. The summed E-state index contributed by atoms with van der Waals surface area (Å²) >= 11 is 0. The van der Waals surface area contributed by atoms with Crippen LogP contribution in [0, 0.1) is 0 Å². The quantitative estimate of drug-likeness (QED) is 0.638. The number of carbonyl (C=O) groups excluding carboxylic acids is 3. The third kappa shape index (κ3) is 5.68. The zero-order valence-electron chi connectivity index (χ0n) is 14.3. The zero-order valence-corrected chi connectivity index (χ0v) is 14.3. The van der Waals surface area contributed by atoms with Gasteiger partial charge >= 0.3 is 5.97 Å². The molecule has 0 radical (unpaired) electrons. The Morgan fingerprint density at radius 1 is 1.25 bits per heavy atom. The molecule has 1 aliphatic rings. The fourth-order valence-corrected chi connectivity index (χ4v) is 2.44. The molecule has 2 amide bonds. The van der Waals surface area contributed by atoms with E-state index in [1.165, 1.54) is 0 Å². The van der Waals surface area contributed by atoms with Crippen LogP contribution in [0.2, 0.25) is 0 Å². The van der Waals surface area contributed by atoms with Gasteiger partial charge in [-0.2, -0.15) is 0 Å². The highest BCUT2D eigenvalue weighted by Gasteiger charge is 2.26. The molecule has 1 aliphatic heterocycles. The minimum absolute atomic E-state index is 0.215. The summed E-state index contributed by atoms with van der Waals surface area (Å²) in [6.07, 6.45) is 1.77. The lowest BCUT2D eigenvalue weighted by molar-refractivity contribution is -0.154. The van der Waals surface area contributed by atoms with E-state index in [0.717, 1.165) is 11.3 Å². The average Bonchev–Trinajstić information content (AvgIpc) is 2.48. The summed E-state index contributed by atoms with van der Waals surface area (Å²) in [5, 5.41) is 5.44. The fourth-order valence-electron chi connectivity index (χ4n) is 2.44. The lowest BCUT2D eigenvalue weighted by atomic mass is 10.0. The monoisotopic (exact) mass is 332 g/mol. The molecule has 0 saturated carbocycles. The Balaban J connectivity index is 1.83. The van der Waals surface area contributed by atoms with Crippen LogP contribution in [-0.2, 0) is 25.5 Å². The molecule has 2 rings (SSSR count). The van der Waals surface area contributed by atoms with Crippen LogP contribution in [0.4, 0.5) is 5.69 Å². The number of benzene rings is 1. The molecule has 1 unspecified atom stereocenters. The van der Waals surface area contributed by atoms with Crippen molar-refractivity contribution >= 4 is 23.5 Å². The van der Waals surface area contributed by atoms with Gasteiger partial charge in [-0.05, 0) is 51.3 Å². The smallest absolute Gasteiger partial charge is 0.306 e. The maximum Gasteiger partial charge on any atom is 0.306 e. The summed E-state index contributed by atoms with van der Waals surface area (Å²) in [7, 11) is 0. The first kappa shape index (κ1) is 18.0. The molecule has 1 heterocycles. The van der Waals surface area contributed by atoms with Gasteiger partial charge in [-0.1, -0.05) is 12.1 Å². The van der Waals surface area contributed by atoms with Crippen molar-refractivity contribution in [3.8, 4) is 0 Å². The van der Waals surface area contributed by atoms with E-state index in [2.05, 4.69) is 10.6 Å². The van der Waals surface area contributed by atoms with Crippen molar-refractivity contribution in [2.75, 3.05) is 5.32 Å². The summed E-state index contributed by atoms with van der Waals surface area (Å²) < 4.78 is 5.28. The van der Waals surface area contributed by atoms with Crippen LogP contribution in [0.5, 0.6) is 0 Å². The highest BCUT2D eigenvalue weighted by molar-refractivity contribution is 6.01. The van der Waals surface area contributed by atoms with Crippen molar-refractivity contribution in [1.82, 2.24) is 5.32 Å². The molecule has 1 aromatic carbocycles. The summed E-state index contributed by atoms with van der Waals surface area (Å²) in [6, 6.07) is 7.18. The summed E-state index contributed by atoms with van der Waals surface area (Å²) in [4.78, 5) is 34.6. The molecule has 0 spiro atoms. The molecule has 24 heavy (non-hydrogen) atoms. The van der Waals surface area contributed by atoms with Crippen molar-refractivity contribution in [2.45, 2.75) is 58.1 Å². The largest absolute Gasteiger partial charge is 0.460 e. The van der Waals surface area contributed by atoms with Crippen LogP contribution >= 0.6 is 0 Å². The number of hydrogen-bond acceptors (Lipinski definition) is 5. The summed E-state index contributed by atoms with van der Waals surface area (Å²) in [5.74, 6) is -0.732. The van der Waals surface area contributed by atoms with Crippen LogP contribution in [0.25, 0.3) is 0 Å². The first-order valence-corrected chi connectivity index (χ1v) is 8.14. The van der Waals surface area contributed by atoms with Gasteiger partial charge in [-0.15, -0.1) is 0 Å². The van der Waals surface area contributed by atoms with Crippen molar-refractivity contribution in [3.63, 3.8) is 0 Å². The van der Waals surface area contributed by atoms with Crippen LogP contribution in [0.15, 0.2) is 24.3 Å². The van der Waals surface area contributed by atoms with Crippen molar-refractivity contribution < 1.29 is 19.1 Å². The second-order valence-corrected chi connectivity index (χ2v) is 6.93. The number of piperidine rings is 1. The molecule has 0 aromatic heterocycles. The lowest BCUT2D eigenvalue weighted by Crippen LogP contribution is -2.47. The molecule has 0 bridgehead atoms. The normalized spacial score (nSPS) is 18.0. The number of imide groups is 1. The van der Waals surface area contributed by atoms with Crippen molar-refractivity contribution in [1.29, 1.82) is 0 Å². The number of hydrogen-bond donors (Lipinski definition) is 2. The SMILES string of the molecule is CC(C)(C)OC(=O)CCc1ccc(NC2CCC(=O)NC2=O)cc1. The molecule has 1 atom stereocenters. The number of aryl methyl sites for hydroxylation is 1. The number of nitrogens with one attached hydrogen (secondary N) is 2. The lowest BCUT2D eigenvalue weighted by Gasteiger charge is -2.22. The molecule has 1 fully saturated rings. The molecule has 1 aromatic rings. The van der Waals surface area contributed by atoms with Gasteiger partial charge in [0.25, 0.3) is 0 Å². The maximum absolute atomic E-state index is 11.7. The van der Waals surface area contributed by atoms with E-state index in [4.69, 9.17) is 4.74 Å². The molecule has 6 heteroatoms. The Kier molecular flexibility index (Phi) is 5.59. The summed E-state index contributed by atoms with van der Waals surface area (Å²) in [5.41, 5.74) is 1.37. The first-order valence-electron chi connectivity index (χ1n) is 8.14. The Bertz CT molecular complexity index is 617. The fraction of sp³-hybridized carbons (Fsp3) is 0.500. The molecule has 6 nitrogen and oxygen atoms in total. The van der Waals surface area contributed by atoms with Crippen LogP contribution in [0.1, 0.15) is 45.6 Å². The van der Waals surface area contributed by atoms with Gasteiger partial charge in [0.15, 0.2) is 0 Å². The van der Waals surface area contributed by atoms with E-state index in [1.807, 2.05) is 45.0 Å².